The van der Waals surface area contributed by atoms with Crippen LogP contribution in [0.25, 0.3) is 0 Å². The maximum Gasteiger partial charge on any atom is 0.161 e. The van der Waals surface area contributed by atoms with Crippen molar-refractivity contribution >= 4 is 0 Å². The van der Waals surface area contributed by atoms with Crippen molar-refractivity contribution in [1.82, 2.24) is 5.32 Å². The van der Waals surface area contributed by atoms with E-state index in [0.29, 0.717) is 24.3 Å². The Balaban J connectivity index is 2.75. The number of rotatable bonds is 9. The molecule has 1 aromatic rings. The summed E-state index contributed by atoms with van der Waals surface area (Å²) in [7, 11) is 1.63. The third-order valence-corrected chi connectivity index (χ3v) is 3.62. The molecule has 20 heavy (non-hydrogen) atoms. The van der Waals surface area contributed by atoms with Gasteiger partial charge in [-0.25, -0.2) is 0 Å². The van der Waals surface area contributed by atoms with Gasteiger partial charge in [0, 0.05) is 6.54 Å². The number of hydrogen-bond donors (Lipinski definition) is 2. The van der Waals surface area contributed by atoms with E-state index in [-0.39, 0.29) is 6.61 Å². The van der Waals surface area contributed by atoms with E-state index in [1.54, 1.807) is 7.11 Å². The van der Waals surface area contributed by atoms with Crippen molar-refractivity contribution < 1.29 is 14.6 Å². The van der Waals surface area contributed by atoms with E-state index in [2.05, 4.69) is 12.2 Å². The Labute approximate surface area is 122 Å². The zero-order valence-electron chi connectivity index (χ0n) is 13.0. The van der Waals surface area contributed by atoms with Crippen LogP contribution in [0.1, 0.15) is 39.2 Å². The van der Waals surface area contributed by atoms with E-state index in [9.17, 15) is 5.11 Å². The fourth-order valence-electron chi connectivity index (χ4n) is 1.88. The summed E-state index contributed by atoms with van der Waals surface area (Å²) < 4.78 is 11.1. The molecule has 0 heterocycles. The van der Waals surface area contributed by atoms with Crippen molar-refractivity contribution in [2.45, 2.75) is 45.8 Å². The van der Waals surface area contributed by atoms with Crippen LogP contribution in [-0.2, 0) is 6.54 Å². The predicted octanol–water partition coefficient (Wildman–Crippen LogP) is 2.73. The number of nitrogens with one attached hydrogen (secondary N) is 1. The minimum absolute atomic E-state index is 0.281. The van der Waals surface area contributed by atoms with Gasteiger partial charge in [-0.15, -0.1) is 0 Å². The third kappa shape index (κ3) is 4.69. The maximum atomic E-state index is 10.2. The molecule has 0 aromatic heterocycles. The zero-order chi connectivity index (χ0) is 15.0. The summed E-state index contributed by atoms with van der Waals surface area (Å²) >= 11 is 0. The monoisotopic (exact) mass is 281 g/mol. The zero-order valence-corrected chi connectivity index (χ0v) is 13.0. The fourth-order valence-corrected chi connectivity index (χ4v) is 1.88. The highest BCUT2D eigenvalue weighted by Crippen LogP contribution is 2.29. The molecule has 0 fully saturated rings. The molecule has 0 aliphatic heterocycles. The molecule has 0 atom stereocenters. The van der Waals surface area contributed by atoms with Gasteiger partial charge in [0.25, 0.3) is 0 Å². The summed E-state index contributed by atoms with van der Waals surface area (Å²) in [6.45, 7) is 8.02. The van der Waals surface area contributed by atoms with Crippen LogP contribution < -0.4 is 14.8 Å². The van der Waals surface area contributed by atoms with Crippen LogP contribution in [-0.4, -0.2) is 31.0 Å². The van der Waals surface area contributed by atoms with Crippen LogP contribution in [0.3, 0.4) is 0 Å². The van der Waals surface area contributed by atoms with Gasteiger partial charge in [-0.1, -0.05) is 26.8 Å². The number of benzene rings is 1. The first-order valence-corrected chi connectivity index (χ1v) is 7.31. The molecule has 114 valence electrons. The standard InChI is InChI=1S/C16H27NO3/c1-5-16(18,6-2)12-20-14-9-8-13(11-17-7-3)10-15(14)19-4/h8-10,17-18H,5-7,11-12H2,1-4H3. The maximum absolute atomic E-state index is 10.2. The summed E-state index contributed by atoms with van der Waals surface area (Å²) in [6, 6.07) is 5.88. The molecule has 1 rings (SSSR count). The van der Waals surface area contributed by atoms with Gasteiger partial charge in [-0.2, -0.15) is 0 Å². The van der Waals surface area contributed by atoms with E-state index in [0.717, 1.165) is 18.7 Å². The molecular weight excluding hydrogens is 254 g/mol. The lowest BCUT2D eigenvalue weighted by Gasteiger charge is -2.25. The Kier molecular flexibility index (Phi) is 6.82. The molecule has 0 saturated carbocycles. The van der Waals surface area contributed by atoms with Crippen molar-refractivity contribution in [3.8, 4) is 11.5 Å². The van der Waals surface area contributed by atoms with Gasteiger partial charge in [0.1, 0.15) is 6.61 Å². The van der Waals surface area contributed by atoms with Gasteiger partial charge >= 0.3 is 0 Å². The molecule has 0 spiro atoms. The van der Waals surface area contributed by atoms with E-state index >= 15 is 0 Å². The molecule has 0 radical (unpaired) electrons. The summed E-state index contributed by atoms with van der Waals surface area (Å²) in [5.74, 6) is 1.38. The molecule has 0 aliphatic rings. The van der Waals surface area contributed by atoms with Crippen molar-refractivity contribution in [3.05, 3.63) is 23.8 Å². The summed E-state index contributed by atoms with van der Waals surface area (Å²) in [5, 5.41) is 13.5. The van der Waals surface area contributed by atoms with Crippen molar-refractivity contribution in [2.75, 3.05) is 20.3 Å². The van der Waals surface area contributed by atoms with Crippen molar-refractivity contribution in [3.63, 3.8) is 0 Å². The first-order valence-electron chi connectivity index (χ1n) is 7.31. The molecule has 0 saturated heterocycles. The Bertz CT molecular complexity index is 403. The second-order valence-corrected chi connectivity index (χ2v) is 4.99. The van der Waals surface area contributed by atoms with Gasteiger partial charge in [0.05, 0.1) is 12.7 Å². The normalized spacial score (nSPS) is 11.4. The Morgan fingerprint density at radius 3 is 2.40 bits per heavy atom. The molecule has 4 heteroatoms. The van der Waals surface area contributed by atoms with Gasteiger partial charge in [-0.3, -0.25) is 0 Å². The van der Waals surface area contributed by atoms with Gasteiger partial charge in [0.15, 0.2) is 11.5 Å². The predicted molar refractivity (Wildman–Crippen MR) is 81.4 cm³/mol. The SMILES string of the molecule is CCNCc1ccc(OCC(O)(CC)CC)c(OC)c1. The van der Waals surface area contributed by atoms with Crippen molar-refractivity contribution in [1.29, 1.82) is 0 Å². The second kappa shape index (κ2) is 8.12. The molecule has 1 aromatic carbocycles. The number of methoxy groups -OCH3 is 1. The number of hydrogen-bond acceptors (Lipinski definition) is 4. The second-order valence-electron chi connectivity index (χ2n) is 4.99. The molecule has 0 bridgehead atoms. The van der Waals surface area contributed by atoms with Crippen LogP contribution in [0.5, 0.6) is 11.5 Å². The average Bonchev–Trinajstić information content (AvgIpc) is 2.50. The fraction of sp³-hybridized carbons (Fsp3) is 0.625. The Hall–Kier alpha value is -1.26. The quantitative estimate of drug-likeness (QED) is 0.731. The van der Waals surface area contributed by atoms with Crippen LogP contribution in [0.15, 0.2) is 18.2 Å². The largest absolute Gasteiger partial charge is 0.493 e. The highest BCUT2D eigenvalue weighted by Gasteiger charge is 2.23. The van der Waals surface area contributed by atoms with E-state index in [1.807, 2.05) is 32.0 Å². The first-order chi connectivity index (χ1) is 9.58. The molecule has 0 amide bonds. The molecule has 0 unspecified atom stereocenters. The smallest absolute Gasteiger partial charge is 0.161 e. The topological polar surface area (TPSA) is 50.7 Å². The third-order valence-electron chi connectivity index (χ3n) is 3.62. The lowest BCUT2D eigenvalue weighted by molar-refractivity contribution is -0.0119. The summed E-state index contributed by atoms with van der Waals surface area (Å²) in [4.78, 5) is 0. The lowest BCUT2D eigenvalue weighted by Crippen LogP contribution is -2.34. The molecular formula is C16H27NO3. The summed E-state index contributed by atoms with van der Waals surface area (Å²) in [5.41, 5.74) is 0.380. The van der Waals surface area contributed by atoms with E-state index in [4.69, 9.17) is 9.47 Å². The average molecular weight is 281 g/mol. The van der Waals surface area contributed by atoms with Crippen LogP contribution in [0.4, 0.5) is 0 Å². The highest BCUT2D eigenvalue weighted by molar-refractivity contribution is 5.43. The van der Waals surface area contributed by atoms with Gasteiger partial charge in [0.2, 0.25) is 0 Å². The highest BCUT2D eigenvalue weighted by atomic mass is 16.5. The van der Waals surface area contributed by atoms with Gasteiger partial charge in [-0.05, 0) is 37.1 Å². The molecule has 4 nitrogen and oxygen atoms in total. The number of aliphatic hydroxyl groups is 1. The van der Waals surface area contributed by atoms with E-state index < -0.39 is 5.60 Å². The van der Waals surface area contributed by atoms with E-state index in [1.165, 1.54) is 0 Å². The Morgan fingerprint density at radius 2 is 1.85 bits per heavy atom. The minimum atomic E-state index is -0.770. The lowest BCUT2D eigenvalue weighted by atomic mass is 9.99. The Morgan fingerprint density at radius 1 is 1.15 bits per heavy atom. The van der Waals surface area contributed by atoms with Crippen LogP contribution in [0.2, 0.25) is 0 Å². The minimum Gasteiger partial charge on any atom is -0.493 e. The summed E-state index contributed by atoms with van der Waals surface area (Å²) in [6.07, 6.45) is 1.34. The van der Waals surface area contributed by atoms with Crippen LogP contribution in [0, 0.1) is 0 Å². The van der Waals surface area contributed by atoms with Gasteiger partial charge < -0.3 is 19.9 Å². The molecule has 2 N–H and O–H groups in total. The van der Waals surface area contributed by atoms with Crippen LogP contribution >= 0.6 is 0 Å². The van der Waals surface area contributed by atoms with Crippen molar-refractivity contribution in [2.24, 2.45) is 0 Å². The first kappa shape index (κ1) is 16.8. The molecule has 0 aliphatic carbocycles. The number of ether oxygens (including phenoxy) is 2.